The number of sulfone groups is 1. The molecule has 1 aromatic carbocycles. The van der Waals surface area contributed by atoms with Crippen LogP contribution >= 0.6 is 22.7 Å². The molecular formula is C18H18N2O3S3. The van der Waals surface area contributed by atoms with Crippen molar-refractivity contribution in [2.75, 3.05) is 11.6 Å². The van der Waals surface area contributed by atoms with Gasteiger partial charge in [0.1, 0.15) is 0 Å². The molecule has 0 aliphatic heterocycles. The third-order valence-corrected chi connectivity index (χ3v) is 7.76. The van der Waals surface area contributed by atoms with E-state index < -0.39 is 9.84 Å². The van der Waals surface area contributed by atoms with Gasteiger partial charge in [0.05, 0.1) is 20.0 Å². The number of aryl methyl sites for hydroxylation is 2. The lowest BCUT2D eigenvalue weighted by atomic mass is 10.1. The molecule has 1 amide bonds. The monoisotopic (exact) mass is 406 g/mol. The zero-order valence-electron chi connectivity index (χ0n) is 14.2. The van der Waals surface area contributed by atoms with Crippen LogP contribution in [0.25, 0.3) is 10.2 Å². The largest absolute Gasteiger partial charge is 0.297 e. The van der Waals surface area contributed by atoms with E-state index in [1.165, 1.54) is 47.3 Å². The molecule has 26 heavy (non-hydrogen) atoms. The molecule has 8 heteroatoms. The summed E-state index contributed by atoms with van der Waals surface area (Å²) >= 11 is 2.86. The molecule has 0 radical (unpaired) electrons. The molecule has 2 aromatic heterocycles. The highest BCUT2D eigenvalue weighted by molar-refractivity contribution is 7.90. The maximum atomic E-state index is 12.6. The molecule has 0 spiro atoms. The zero-order chi connectivity index (χ0) is 18.3. The lowest BCUT2D eigenvalue weighted by molar-refractivity contribution is 0.103. The van der Waals surface area contributed by atoms with Gasteiger partial charge in [0.2, 0.25) is 0 Å². The number of nitrogens with one attached hydrogen (secondary N) is 1. The number of carbonyl (C=O) groups is 1. The summed E-state index contributed by atoms with van der Waals surface area (Å²) in [4.78, 5) is 19.3. The number of carbonyl (C=O) groups excluding carboxylic acids is 1. The van der Waals surface area contributed by atoms with E-state index in [0.29, 0.717) is 15.5 Å². The van der Waals surface area contributed by atoms with E-state index in [0.717, 1.165) is 17.5 Å². The van der Waals surface area contributed by atoms with Gasteiger partial charge in [-0.3, -0.25) is 10.1 Å². The van der Waals surface area contributed by atoms with Gasteiger partial charge in [0.15, 0.2) is 15.0 Å². The number of thiophene rings is 1. The molecule has 0 atom stereocenters. The van der Waals surface area contributed by atoms with Crippen LogP contribution < -0.4 is 5.32 Å². The lowest BCUT2D eigenvalue weighted by Crippen LogP contribution is -2.09. The first-order valence-corrected chi connectivity index (χ1v) is 12.0. The Morgan fingerprint density at radius 2 is 1.92 bits per heavy atom. The highest BCUT2D eigenvalue weighted by Crippen LogP contribution is 2.31. The maximum Gasteiger partial charge on any atom is 0.267 e. The minimum absolute atomic E-state index is 0.148. The Hall–Kier alpha value is -1.77. The van der Waals surface area contributed by atoms with Crippen molar-refractivity contribution in [1.82, 2.24) is 4.98 Å². The van der Waals surface area contributed by atoms with Crippen LogP contribution in [0.15, 0.2) is 29.2 Å². The number of nitrogens with zero attached hydrogens (tertiary/aromatic N) is 1. The Kier molecular flexibility index (Phi) is 4.58. The summed E-state index contributed by atoms with van der Waals surface area (Å²) in [5, 5.41) is 3.35. The molecule has 136 valence electrons. The average molecular weight is 407 g/mol. The smallest absolute Gasteiger partial charge is 0.267 e. The molecule has 0 bridgehead atoms. The van der Waals surface area contributed by atoms with Crippen LogP contribution in [-0.2, 0) is 22.7 Å². The topological polar surface area (TPSA) is 76.1 Å². The summed E-state index contributed by atoms with van der Waals surface area (Å²) < 4.78 is 24.1. The number of benzene rings is 1. The number of amides is 1. The van der Waals surface area contributed by atoms with Crippen LogP contribution in [0, 0.1) is 0 Å². The predicted molar refractivity (Wildman–Crippen MR) is 106 cm³/mol. The molecule has 0 saturated carbocycles. The van der Waals surface area contributed by atoms with E-state index in [1.807, 2.05) is 6.07 Å². The highest BCUT2D eigenvalue weighted by Gasteiger charge is 2.18. The first kappa shape index (κ1) is 17.6. The van der Waals surface area contributed by atoms with Crippen LogP contribution in [0.5, 0.6) is 0 Å². The normalized spacial score (nSPS) is 14.8. The number of rotatable bonds is 3. The van der Waals surface area contributed by atoms with Crippen LogP contribution in [0.2, 0.25) is 0 Å². The van der Waals surface area contributed by atoms with Crippen LogP contribution in [-0.4, -0.2) is 25.6 Å². The van der Waals surface area contributed by atoms with Crippen molar-refractivity contribution in [3.63, 3.8) is 0 Å². The number of thiazole rings is 1. The van der Waals surface area contributed by atoms with E-state index in [9.17, 15) is 13.2 Å². The second-order valence-corrected chi connectivity index (χ2v) is 10.7. The fourth-order valence-electron chi connectivity index (χ4n) is 3.13. The molecule has 4 rings (SSSR count). The van der Waals surface area contributed by atoms with E-state index >= 15 is 0 Å². The average Bonchev–Trinajstić information content (AvgIpc) is 3.10. The van der Waals surface area contributed by atoms with Crippen molar-refractivity contribution in [2.45, 2.75) is 37.0 Å². The van der Waals surface area contributed by atoms with E-state index in [2.05, 4.69) is 10.3 Å². The van der Waals surface area contributed by atoms with Gasteiger partial charge in [0, 0.05) is 11.1 Å². The molecule has 2 heterocycles. The Labute approximate surface area is 160 Å². The first-order valence-electron chi connectivity index (χ1n) is 8.44. The van der Waals surface area contributed by atoms with Gasteiger partial charge in [-0.15, -0.1) is 11.3 Å². The quantitative estimate of drug-likeness (QED) is 0.659. The predicted octanol–water partition coefficient (Wildman–Crippen LogP) is 4.28. The third kappa shape index (κ3) is 3.54. The summed E-state index contributed by atoms with van der Waals surface area (Å²) in [7, 11) is -3.26. The van der Waals surface area contributed by atoms with Crippen molar-refractivity contribution in [3.05, 3.63) is 39.6 Å². The summed E-state index contributed by atoms with van der Waals surface area (Å²) in [6.07, 6.45) is 6.92. The van der Waals surface area contributed by atoms with Gasteiger partial charge in [0.25, 0.3) is 5.91 Å². The van der Waals surface area contributed by atoms with Crippen molar-refractivity contribution in [1.29, 1.82) is 0 Å². The van der Waals surface area contributed by atoms with Gasteiger partial charge in [-0.1, -0.05) is 17.8 Å². The van der Waals surface area contributed by atoms with Crippen molar-refractivity contribution >= 4 is 53.8 Å². The van der Waals surface area contributed by atoms with Gasteiger partial charge in [-0.25, -0.2) is 13.4 Å². The summed E-state index contributed by atoms with van der Waals surface area (Å²) in [6, 6.07) is 6.82. The molecule has 3 aromatic rings. The fourth-order valence-corrected chi connectivity index (χ4v) is 5.90. The minimum atomic E-state index is -3.26. The molecule has 0 fully saturated rings. The summed E-state index contributed by atoms with van der Waals surface area (Å²) in [5.74, 6) is -0.148. The number of hydrogen-bond acceptors (Lipinski definition) is 6. The van der Waals surface area contributed by atoms with E-state index in [1.54, 1.807) is 29.5 Å². The maximum absolute atomic E-state index is 12.6. The molecule has 0 saturated heterocycles. The highest BCUT2D eigenvalue weighted by atomic mass is 32.2. The number of anilines is 1. The Morgan fingerprint density at radius 3 is 2.73 bits per heavy atom. The summed E-state index contributed by atoms with van der Waals surface area (Å²) in [5.41, 5.74) is 1.99. The van der Waals surface area contributed by atoms with Crippen LogP contribution in [0.3, 0.4) is 0 Å². The van der Waals surface area contributed by atoms with E-state index in [-0.39, 0.29) is 10.8 Å². The van der Waals surface area contributed by atoms with Crippen LogP contribution in [0.1, 0.15) is 39.4 Å². The SMILES string of the molecule is CS(=O)(=O)c1ccc2nc(NC(=O)c3cc4c(s3)CCCCC4)sc2c1. The Morgan fingerprint density at radius 1 is 1.12 bits per heavy atom. The zero-order valence-corrected chi connectivity index (χ0v) is 16.7. The van der Waals surface area contributed by atoms with Gasteiger partial charge >= 0.3 is 0 Å². The van der Waals surface area contributed by atoms with Crippen molar-refractivity contribution < 1.29 is 13.2 Å². The molecule has 0 unspecified atom stereocenters. The van der Waals surface area contributed by atoms with Crippen molar-refractivity contribution in [2.24, 2.45) is 0 Å². The standard InChI is InChI=1S/C18H18N2O3S3/c1-26(22,23)12-7-8-13-15(10-12)25-18(19-13)20-17(21)16-9-11-5-3-2-4-6-14(11)24-16/h7-10H,2-6H2,1H3,(H,19,20,21). The second-order valence-electron chi connectivity index (χ2n) is 6.49. The van der Waals surface area contributed by atoms with Gasteiger partial charge in [-0.05, 0) is 55.5 Å². The second kappa shape index (κ2) is 6.75. The Balaban J connectivity index is 1.58. The van der Waals surface area contributed by atoms with Gasteiger partial charge in [-0.2, -0.15) is 0 Å². The number of hydrogen-bond donors (Lipinski definition) is 1. The van der Waals surface area contributed by atoms with Crippen LogP contribution in [0.4, 0.5) is 5.13 Å². The van der Waals surface area contributed by atoms with E-state index in [4.69, 9.17) is 0 Å². The molecule has 1 aliphatic carbocycles. The third-order valence-electron chi connectivity index (χ3n) is 4.48. The minimum Gasteiger partial charge on any atom is -0.297 e. The Bertz CT molecular complexity index is 1070. The molecule has 5 nitrogen and oxygen atoms in total. The van der Waals surface area contributed by atoms with Gasteiger partial charge < -0.3 is 0 Å². The molecular weight excluding hydrogens is 388 g/mol. The number of fused-ring (bicyclic) bond motifs is 2. The molecule has 1 aliphatic rings. The number of aromatic nitrogens is 1. The molecule has 1 N–H and O–H groups in total. The fraction of sp³-hybridized carbons (Fsp3) is 0.333. The summed E-state index contributed by atoms with van der Waals surface area (Å²) in [6.45, 7) is 0. The first-order chi connectivity index (χ1) is 12.4. The van der Waals surface area contributed by atoms with Crippen molar-refractivity contribution in [3.8, 4) is 0 Å². The lowest BCUT2D eigenvalue weighted by Gasteiger charge is -1.98.